The highest BCUT2D eigenvalue weighted by Crippen LogP contribution is 2.38. The fourth-order valence-electron chi connectivity index (χ4n) is 4.14. The van der Waals surface area contributed by atoms with Crippen molar-refractivity contribution in [2.75, 3.05) is 24.9 Å². The number of methoxy groups -OCH3 is 2. The number of fused-ring (bicyclic) bond motifs is 1. The Bertz CT molecular complexity index is 1450. The number of carbonyl (C=O) groups is 1. The smallest absolute Gasteiger partial charge is 0.255 e. The monoisotopic (exact) mass is 484 g/mol. The number of benzene rings is 2. The molecule has 0 radical (unpaired) electrons. The van der Waals surface area contributed by atoms with Gasteiger partial charge in [0.2, 0.25) is 5.95 Å². The molecule has 1 aliphatic rings. The van der Waals surface area contributed by atoms with Crippen LogP contribution in [-0.2, 0) is 4.79 Å². The van der Waals surface area contributed by atoms with Crippen LogP contribution in [-0.4, -0.2) is 45.0 Å². The maximum Gasteiger partial charge on any atom is 0.255 e. The Morgan fingerprint density at radius 2 is 1.86 bits per heavy atom. The fraction of sp³-hybridized carbons (Fsp3) is 0.154. The molecule has 0 bridgehead atoms. The summed E-state index contributed by atoms with van der Waals surface area (Å²) in [6, 6.07) is 15.0. The van der Waals surface area contributed by atoms with Crippen molar-refractivity contribution in [3.63, 3.8) is 0 Å². The predicted octanol–water partition coefficient (Wildman–Crippen LogP) is 3.99. The topological polar surface area (TPSA) is 123 Å². The molecule has 1 atom stereocenters. The van der Waals surface area contributed by atoms with E-state index in [2.05, 4.69) is 15.6 Å². The highest BCUT2D eigenvalue weighted by Gasteiger charge is 2.34. The normalized spacial score (nSPS) is 14.6. The number of nitrogens with zero attached hydrogens (tertiary/aromatic N) is 4. The number of aromatic hydroxyl groups is 1. The molecule has 3 heterocycles. The number of anilines is 2. The van der Waals surface area contributed by atoms with Gasteiger partial charge in [-0.25, -0.2) is 4.68 Å². The Kier molecular flexibility index (Phi) is 5.99. The van der Waals surface area contributed by atoms with Crippen molar-refractivity contribution in [1.82, 2.24) is 19.7 Å². The zero-order valence-electron chi connectivity index (χ0n) is 19.9. The van der Waals surface area contributed by atoms with Gasteiger partial charge < -0.3 is 25.2 Å². The van der Waals surface area contributed by atoms with Gasteiger partial charge in [-0.3, -0.25) is 9.78 Å². The van der Waals surface area contributed by atoms with Gasteiger partial charge in [0.15, 0.2) is 17.3 Å². The molecule has 10 nitrogen and oxygen atoms in total. The molecule has 0 unspecified atom stereocenters. The molecule has 1 aliphatic heterocycles. The minimum Gasteiger partial charge on any atom is -0.508 e. The van der Waals surface area contributed by atoms with E-state index < -0.39 is 6.04 Å². The number of amides is 1. The quantitative estimate of drug-likeness (QED) is 0.375. The van der Waals surface area contributed by atoms with Gasteiger partial charge >= 0.3 is 0 Å². The Balaban J connectivity index is 1.59. The van der Waals surface area contributed by atoms with Gasteiger partial charge in [-0.2, -0.15) is 4.98 Å². The summed E-state index contributed by atoms with van der Waals surface area (Å²) in [5, 5.41) is 20.7. The number of nitrogens with one attached hydrogen (secondary N) is 2. The summed E-state index contributed by atoms with van der Waals surface area (Å²) in [7, 11) is 3.14. The minimum absolute atomic E-state index is 0.125. The lowest BCUT2D eigenvalue weighted by molar-refractivity contribution is -0.113. The largest absolute Gasteiger partial charge is 0.508 e. The van der Waals surface area contributed by atoms with Crippen molar-refractivity contribution in [2.45, 2.75) is 13.0 Å². The standard InChI is InChI=1S/C26H24N6O4/c1-15-22(25(34)29-18-5-4-12-27-14-18)23(16-6-9-19(33)10-7-16)32-26(28-15)30-24(31-32)17-8-11-20(35-2)21(13-17)36-3/h4-14,23,33H,1-3H3,(H,29,34)(H,28,30,31)/t23-/m1/s1. The number of carbonyl (C=O) groups excluding carboxylic acids is 1. The first-order valence-electron chi connectivity index (χ1n) is 11.2. The van der Waals surface area contributed by atoms with Crippen LogP contribution < -0.4 is 20.1 Å². The summed E-state index contributed by atoms with van der Waals surface area (Å²) in [6.07, 6.45) is 3.22. The van der Waals surface area contributed by atoms with Gasteiger partial charge in [-0.05, 0) is 55.0 Å². The zero-order valence-corrected chi connectivity index (χ0v) is 19.9. The van der Waals surface area contributed by atoms with Gasteiger partial charge in [0.1, 0.15) is 11.8 Å². The molecular formula is C26H24N6O4. The van der Waals surface area contributed by atoms with Crippen LogP contribution in [0.5, 0.6) is 17.2 Å². The number of pyridine rings is 1. The van der Waals surface area contributed by atoms with Crippen LogP contribution in [0, 0.1) is 0 Å². The SMILES string of the molecule is COc1ccc(-c2nc3n(n2)[C@H](c2ccc(O)cc2)C(C(=O)Nc2cccnc2)=C(C)N3)cc1OC. The van der Waals surface area contributed by atoms with E-state index in [4.69, 9.17) is 19.6 Å². The van der Waals surface area contributed by atoms with Crippen LogP contribution in [0.15, 0.2) is 78.3 Å². The van der Waals surface area contributed by atoms with E-state index in [-0.39, 0.29) is 11.7 Å². The molecular weight excluding hydrogens is 460 g/mol. The summed E-state index contributed by atoms with van der Waals surface area (Å²) < 4.78 is 12.4. The third-order valence-corrected chi connectivity index (χ3v) is 5.87. The van der Waals surface area contributed by atoms with Crippen molar-refractivity contribution in [2.24, 2.45) is 0 Å². The number of ether oxygens (including phenoxy) is 2. The highest BCUT2D eigenvalue weighted by atomic mass is 16.5. The fourth-order valence-corrected chi connectivity index (χ4v) is 4.14. The van der Waals surface area contributed by atoms with E-state index in [1.807, 2.05) is 13.0 Å². The molecule has 2 aromatic carbocycles. The minimum atomic E-state index is -0.597. The lowest BCUT2D eigenvalue weighted by Crippen LogP contribution is -2.31. The predicted molar refractivity (Wildman–Crippen MR) is 134 cm³/mol. The summed E-state index contributed by atoms with van der Waals surface area (Å²) in [6.45, 7) is 1.82. The maximum absolute atomic E-state index is 13.5. The van der Waals surface area contributed by atoms with E-state index in [9.17, 15) is 9.90 Å². The zero-order chi connectivity index (χ0) is 25.2. The molecule has 1 amide bonds. The summed E-state index contributed by atoms with van der Waals surface area (Å²) in [5.74, 6) is 1.89. The maximum atomic E-state index is 13.5. The van der Waals surface area contributed by atoms with Crippen molar-refractivity contribution >= 4 is 17.5 Å². The molecule has 4 aromatic rings. The van der Waals surface area contributed by atoms with E-state index in [1.165, 1.54) is 0 Å². The first kappa shape index (κ1) is 22.9. The molecule has 5 rings (SSSR count). The number of aromatic nitrogens is 4. The molecule has 0 saturated heterocycles. The van der Waals surface area contributed by atoms with Gasteiger partial charge in [0.05, 0.1) is 31.7 Å². The molecule has 182 valence electrons. The van der Waals surface area contributed by atoms with Gasteiger partial charge in [-0.1, -0.05) is 12.1 Å². The molecule has 3 N–H and O–H groups in total. The highest BCUT2D eigenvalue weighted by molar-refractivity contribution is 6.05. The Labute approximate surface area is 207 Å². The number of phenols is 1. The van der Waals surface area contributed by atoms with Crippen LogP contribution in [0.2, 0.25) is 0 Å². The van der Waals surface area contributed by atoms with E-state index in [0.29, 0.717) is 40.2 Å². The second kappa shape index (κ2) is 9.41. The second-order valence-corrected chi connectivity index (χ2v) is 8.13. The number of allylic oxidation sites excluding steroid dienone is 1. The van der Waals surface area contributed by atoms with Crippen LogP contribution in [0.25, 0.3) is 11.4 Å². The Morgan fingerprint density at radius 3 is 2.56 bits per heavy atom. The third kappa shape index (κ3) is 4.20. The van der Waals surface area contributed by atoms with E-state index >= 15 is 0 Å². The number of phenolic OH excluding ortho intramolecular Hbond substituents is 1. The number of hydrogen-bond donors (Lipinski definition) is 3. The lowest BCUT2D eigenvalue weighted by atomic mass is 9.95. The summed E-state index contributed by atoms with van der Waals surface area (Å²) in [5.41, 5.74) is 3.14. The van der Waals surface area contributed by atoms with Crippen LogP contribution >= 0.6 is 0 Å². The third-order valence-electron chi connectivity index (χ3n) is 5.87. The molecule has 2 aromatic heterocycles. The van der Waals surface area contributed by atoms with Crippen LogP contribution in [0.1, 0.15) is 18.5 Å². The van der Waals surface area contributed by atoms with Crippen LogP contribution in [0.4, 0.5) is 11.6 Å². The number of hydrogen-bond acceptors (Lipinski definition) is 8. The van der Waals surface area contributed by atoms with Crippen LogP contribution in [0.3, 0.4) is 0 Å². The first-order valence-corrected chi connectivity index (χ1v) is 11.2. The average molecular weight is 485 g/mol. The second-order valence-electron chi connectivity index (χ2n) is 8.13. The van der Waals surface area contributed by atoms with Gasteiger partial charge in [-0.15, -0.1) is 5.10 Å². The van der Waals surface area contributed by atoms with Crippen molar-refractivity contribution in [3.05, 3.63) is 83.8 Å². The van der Waals surface area contributed by atoms with Gasteiger partial charge in [0, 0.05) is 17.5 Å². The molecule has 0 saturated carbocycles. The Hall–Kier alpha value is -4.86. The molecule has 0 spiro atoms. The number of rotatable bonds is 6. The van der Waals surface area contributed by atoms with Crippen molar-refractivity contribution < 1.29 is 19.4 Å². The van der Waals surface area contributed by atoms with Crippen molar-refractivity contribution in [1.29, 1.82) is 0 Å². The Morgan fingerprint density at radius 1 is 1.08 bits per heavy atom. The first-order chi connectivity index (χ1) is 17.5. The van der Waals surface area contributed by atoms with E-state index in [0.717, 1.165) is 11.1 Å². The summed E-state index contributed by atoms with van der Waals surface area (Å²) in [4.78, 5) is 22.3. The molecule has 36 heavy (non-hydrogen) atoms. The van der Waals surface area contributed by atoms with E-state index in [1.54, 1.807) is 79.8 Å². The lowest BCUT2D eigenvalue weighted by Gasteiger charge is -2.28. The van der Waals surface area contributed by atoms with Crippen molar-refractivity contribution in [3.8, 4) is 28.6 Å². The van der Waals surface area contributed by atoms with Gasteiger partial charge in [0.25, 0.3) is 5.91 Å². The summed E-state index contributed by atoms with van der Waals surface area (Å²) >= 11 is 0. The molecule has 0 fully saturated rings. The molecule has 0 aliphatic carbocycles. The molecule has 10 heteroatoms. The average Bonchev–Trinajstić information content (AvgIpc) is 3.32.